The summed E-state index contributed by atoms with van der Waals surface area (Å²) in [4.78, 5) is 15.5. The van der Waals surface area contributed by atoms with Gasteiger partial charge in [0.2, 0.25) is 15.8 Å². The van der Waals surface area contributed by atoms with Gasteiger partial charge in [0.25, 0.3) is 0 Å². The normalized spacial score (nSPS) is 17.3. The number of sulfonamides is 1. The molecule has 1 aliphatic heterocycles. The molecule has 1 saturated heterocycles. The molecule has 0 radical (unpaired) electrons. The molecule has 0 atom stereocenters. The predicted octanol–water partition coefficient (Wildman–Crippen LogP) is 4.37. The van der Waals surface area contributed by atoms with Crippen LogP contribution in [-0.4, -0.2) is 55.3 Å². The minimum Gasteiger partial charge on any atom is -0.486 e. The maximum absolute atomic E-state index is 13.6. The average Bonchev–Trinajstić information content (AvgIpc) is 3.63. The first-order valence-corrected chi connectivity index (χ1v) is 15.5. The van der Waals surface area contributed by atoms with Crippen LogP contribution in [0.1, 0.15) is 30.9 Å². The van der Waals surface area contributed by atoms with E-state index in [1.54, 1.807) is 36.5 Å². The molecule has 9 nitrogen and oxygen atoms in total. The van der Waals surface area contributed by atoms with Crippen LogP contribution in [0.15, 0.2) is 51.9 Å². The minimum atomic E-state index is -3.57. The van der Waals surface area contributed by atoms with E-state index in [1.165, 1.54) is 8.99 Å². The van der Waals surface area contributed by atoms with Gasteiger partial charge in [-0.15, -0.1) is 0 Å². The fourth-order valence-corrected chi connectivity index (χ4v) is 6.82. The quantitative estimate of drug-likeness (QED) is 0.366. The highest BCUT2D eigenvalue weighted by atomic mass is 79.9. The predicted molar refractivity (Wildman–Crippen MR) is 157 cm³/mol. The van der Waals surface area contributed by atoms with Crippen molar-refractivity contribution in [3.05, 3.63) is 73.6 Å². The molecule has 1 aromatic heterocycles. The highest BCUT2D eigenvalue weighted by Gasteiger charge is 2.39. The van der Waals surface area contributed by atoms with E-state index in [0.717, 1.165) is 22.9 Å². The monoisotopic (exact) mass is 635 g/mol. The number of ether oxygens (including phenoxy) is 1. The summed E-state index contributed by atoms with van der Waals surface area (Å²) in [6.07, 6.45) is 3.72. The maximum Gasteiger partial charge on any atom is 0.316 e. The lowest BCUT2D eigenvalue weighted by atomic mass is 10.1. The molecule has 0 amide bonds. The van der Waals surface area contributed by atoms with Crippen LogP contribution in [0.3, 0.4) is 0 Å². The Morgan fingerprint density at radius 3 is 2.54 bits per heavy atom. The van der Waals surface area contributed by atoms with Gasteiger partial charge in [0.15, 0.2) is 0 Å². The van der Waals surface area contributed by atoms with Crippen LogP contribution in [-0.2, 0) is 15.8 Å². The number of hydrogen-bond acceptors (Lipinski definition) is 7. The van der Waals surface area contributed by atoms with Crippen LogP contribution in [0.4, 0.5) is 11.4 Å². The van der Waals surface area contributed by atoms with E-state index >= 15 is 0 Å². The van der Waals surface area contributed by atoms with Crippen LogP contribution in [0.25, 0.3) is 5.69 Å². The number of nitrogens with two attached hydrogens (primary N) is 1. The van der Waals surface area contributed by atoms with Crippen molar-refractivity contribution in [2.24, 2.45) is 5.41 Å². The average molecular weight is 637 g/mol. The Hall–Kier alpha value is -2.60. The van der Waals surface area contributed by atoms with E-state index in [1.807, 2.05) is 17.9 Å². The van der Waals surface area contributed by atoms with Crippen LogP contribution in [0.5, 0.6) is 5.75 Å². The van der Waals surface area contributed by atoms with Crippen molar-refractivity contribution in [3.8, 4) is 11.4 Å². The maximum atomic E-state index is 13.6. The number of rotatable bonds is 8. The molecule has 3 aromatic rings. The molecular weight excluding hydrogens is 606 g/mol. The highest BCUT2D eigenvalue weighted by Crippen LogP contribution is 2.45. The third-order valence-corrected chi connectivity index (χ3v) is 10.2. The van der Waals surface area contributed by atoms with Crippen molar-refractivity contribution in [2.75, 3.05) is 43.4 Å². The number of aromatic nitrogens is 2. The SMILES string of the molecule is Cc1cc(Br)c(N)cc1CS(=O)(=O)N1CCN(c2cnn(-c3cccc(Cl)c3)c(=O)c2OCC2(C)CC2)CC1. The molecule has 2 aromatic carbocycles. The number of benzene rings is 2. The summed E-state index contributed by atoms with van der Waals surface area (Å²) < 4.78 is 36.2. The molecule has 0 unspecified atom stereocenters. The third-order valence-electron chi connectivity index (χ3n) is 7.40. The van der Waals surface area contributed by atoms with Gasteiger partial charge in [0.1, 0.15) is 5.69 Å². The van der Waals surface area contributed by atoms with Crippen molar-refractivity contribution >= 4 is 48.9 Å². The number of aryl methyl sites for hydroxylation is 1. The summed E-state index contributed by atoms with van der Waals surface area (Å²) in [7, 11) is -3.57. The standard InChI is InChI=1S/C27H31BrClN5O4S/c1-18-12-22(28)23(30)13-19(18)16-39(36,37)33-10-8-32(9-11-33)24-15-31-34(21-5-3-4-20(29)14-21)26(35)25(24)38-17-27(2)6-7-27/h3-5,12-15H,6-11,16-17,30H2,1-2H3. The van der Waals surface area contributed by atoms with Gasteiger partial charge in [-0.05, 0) is 77.2 Å². The van der Waals surface area contributed by atoms with Gasteiger partial charge in [0, 0.05) is 46.8 Å². The number of nitrogens with zero attached hydrogens (tertiary/aromatic N) is 4. The van der Waals surface area contributed by atoms with E-state index < -0.39 is 10.0 Å². The second kappa shape index (κ2) is 10.8. The number of halogens is 2. The van der Waals surface area contributed by atoms with E-state index in [-0.39, 0.29) is 35.6 Å². The van der Waals surface area contributed by atoms with E-state index in [0.29, 0.717) is 47.3 Å². The Kier molecular flexibility index (Phi) is 7.71. The molecule has 2 fully saturated rings. The summed E-state index contributed by atoms with van der Waals surface area (Å²) in [5.74, 6) is 0.0934. The summed E-state index contributed by atoms with van der Waals surface area (Å²) in [5, 5.41) is 4.91. The molecule has 2 heterocycles. The second-order valence-electron chi connectivity index (χ2n) is 10.6. The zero-order chi connectivity index (χ0) is 27.9. The first-order chi connectivity index (χ1) is 18.5. The molecule has 5 rings (SSSR count). The van der Waals surface area contributed by atoms with Crippen molar-refractivity contribution in [1.82, 2.24) is 14.1 Å². The molecule has 12 heteroatoms. The molecule has 1 aliphatic carbocycles. The van der Waals surface area contributed by atoms with Crippen molar-refractivity contribution in [3.63, 3.8) is 0 Å². The van der Waals surface area contributed by atoms with Gasteiger partial charge < -0.3 is 15.4 Å². The Balaban J connectivity index is 1.37. The Morgan fingerprint density at radius 1 is 1.15 bits per heavy atom. The van der Waals surface area contributed by atoms with Crippen molar-refractivity contribution in [1.29, 1.82) is 0 Å². The number of nitrogen functional groups attached to an aromatic ring is 1. The summed E-state index contributed by atoms with van der Waals surface area (Å²) >= 11 is 9.54. The number of anilines is 2. The zero-order valence-electron chi connectivity index (χ0n) is 21.9. The summed E-state index contributed by atoms with van der Waals surface area (Å²) in [6, 6.07) is 10.5. The van der Waals surface area contributed by atoms with Crippen molar-refractivity contribution in [2.45, 2.75) is 32.4 Å². The summed E-state index contributed by atoms with van der Waals surface area (Å²) in [6.45, 7) is 5.79. The molecule has 2 N–H and O–H groups in total. The smallest absolute Gasteiger partial charge is 0.316 e. The first kappa shape index (κ1) is 27.9. The van der Waals surface area contributed by atoms with Gasteiger partial charge in [-0.3, -0.25) is 4.79 Å². The second-order valence-corrected chi connectivity index (χ2v) is 13.9. The van der Waals surface area contributed by atoms with Gasteiger partial charge in [-0.1, -0.05) is 24.6 Å². The largest absolute Gasteiger partial charge is 0.486 e. The molecule has 0 spiro atoms. The fourth-order valence-electron chi connectivity index (χ4n) is 4.57. The Bertz CT molecular complexity index is 1570. The molecule has 39 heavy (non-hydrogen) atoms. The molecule has 0 bridgehead atoms. The number of piperazine rings is 1. The zero-order valence-corrected chi connectivity index (χ0v) is 25.0. The topological polar surface area (TPSA) is 111 Å². The van der Waals surface area contributed by atoms with Gasteiger partial charge in [-0.2, -0.15) is 14.1 Å². The highest BCUT2D eigenvalue weighted by molar-refractivity contribution is 9.10. The van der Waals surface area contributed by atoms with E-state index in [2.05, 4.69) is 28.0 Å². The summed E-state index contributed by atoms with van der Waals surface area (Å²) in [5.41, 5.74) is 8.83. The number of hydrogen-bond donors (Lipinski definition) is 1. The minimum absolute atomic E-state index is 0.0647. The lowest BCUT2D eigenvalue weighted by Gasteiger charge is -2.36. The lowest BCUT2D eigenvalue weighted by Crippen LogP contribution is -2.49. The fraction of sp³-hybridized carbons (Fsp3) is 0.407. The molecule has 2 aliphatic rings. The van der Waals surface area contributed by atoms with Gasteiger partial charge in [-0.25, -0.2) is 8.42 Å². The molecular formula is C27H31BrClN5O4S. The van der Waals surface area contributed by atoms with E-state index in [9.17, 15) is 13.2 Å². The Labute approximate surface area is 241 Å². The van der Waals surface area contributed by atoms with Crippen LogP contribution in [0.2, 0.25) is 5.02 Å². The van der Waals surface area contributed by atoms with Gasteiger partial charge in [0.05, 0.1) is 24.2 Å². The van der Waals surface area contributed by atoms with Crippen LogP contribution < -0.4 is 20.9 Å². The molecule has 1 saturated carbocycles. The van der Waals surface area contributed by atoms with Gasteiger partial charge >= 0.3 is 5.56 Å². The van der Waals surface area contributed by atoms with Crippen LogP contribution >= 0.6 is 27.5 Å². The first-order valence-electron chi connectivity index (χ1n) is 12.7. The van der Waals surface area contributed by atoms with E-state index in [4.69, 9.17) is 22.1 Å². The third kappa shape index (κ3) is 6.11. The van der Waals surface area contributed by atoms with Crippen molar-refractivity contribution < 1.29 is 13.2 Å². The Morgan fingerprint density at radius 2 is 1.87 bits per heavy atom. The van der Waals surface area contributed by atoms with Crippen LogP contribution in [0, 0.1) is 12.3 Å². The lowest BCUT2D eigenvalue weighted by molar-refractivity contribution is 0.242. The molecule has 208 valence electrons.